The molecule has 7 heteroatoms. The molecular formula is C9H8ClNO4S. The van der Waals surface area contributed by atoms with Crippen molar-refractivity contribution in [1.29, 1.82) is 0 Å². The average molecular weight is 262 g/mol. The van der Waals surface area contributed by atoms with E-state index in [1.165, 1.54) is 6.39 Å². The van der Waals surface area contributed by atoms with E-state index in [0.29, 0.717) is 16.7 Å². The van der Waals surface area contributed by atoms with E-state index in [0.717, 1.165) is 0 Å². The van der Waals surface area contributed by atoms with E-state index in [2.05, 4.69) is 4.98 Å². The molecular weight excluding hydrogens is 254 g/mol. The Morgan fingerprint density at radius 2 is 2.19 bits per heavy atom. The Morgan fingerprint density at radius 1 is 1.44 bits per heavy atom. The van der Waals surface area contributed by atoms with E-state index in [-0.39, 0.29) is 17.9 Å². The van der Waals surface area contributed by atoms with Crippen molar-refractivity contribution in [1.82, 2.24) is 4.98 Å². The van der Waals surface area contributed by atoms with Crippen LogP contribution in [0.1, 0.15) is 5.56 Å². The van der Waals surface area contributed by atoms with Gasteiger partial charge < -0.3 is 9.52 Å². The Labute approximate surface area is 96.1 Å². The molecule has 2 aromatic rings. The van der Waals surface area contributed by atoms with Crippen LogP contribution in [0.3, 0.4) is 0 Å². The molecule has 1 aromatic carbocycles. The molecule has 86 valence electrons. The third-order valence-electron chi connectivity index (χ3n) is 2.17. The highest BCUT2D eigenvalue weighted by Crippen LogP contribution is 2.28. The van der Waals surface area contributed by atoms with Gasteiger partial charge in [-0.3, -0.25) is 0 Å². The number of phenolic OH excluding ortho intramolecular Hbond substituents is 1. The standard InChI is InChI=1S/C9H8ClNO4S/c10-16(13,14)4-3-6-1-2-7-8(9(6)12)11-5-15-7/h1-2,5,12H,3-4H2. The molecule has 2 rings (SSSR count). The first-order valence-corrected chi connectivity index (χ1v) is 6.91. The molecule has 0 unspecified atom stereocenters. The summed E-state index contributed by atoms with van der Waals surface area (Å²) in [6.07, 6.45) is 1.35. The Hall–Kier alpha value is -1.27. The number of aromatic nitrogens is 1. The van der Waals surface area contributed by atoms with Crippen LogP contribution in [0.25, 0.3) is 11.1 Å². The van der Waals surface area contributed by atoms with Crippen molar-refractivity contribution in [2.45, 2.75) is 6.42 Å². The normalized spacial score (nSPS) is 12.1. The first-order chi connectivity index (χ1) is 7.47. The van der Waals surface area contributed by atoms with E-state index < -0.39 is 9.05 Å². The summed E-state index contributed by atoms with van der Waals surface area (Å²) < 4.78 is 26.5. The number of oxazole rings is 1. The molecule has 0 aliphatic carbocycles. The van der Waals surface area contributed by atoms with Gasteiger partial charge in [-0.15, -0.1) is 0 Å². The number of hydrogen-bond acceptors (Lipinski definition) is 5. The summed E-state index contributed by atoms with van der Waals surface area (Å²) in [5.41, 5.74) is 1.25. The molecule has 0 bridgehead atoms. The van der Waals surface area contributed by atoms with Gasteiger partial charge in [0.05, 0.1) is 5.75 Å². The highest BCUT2D eigenvalue weighted by molar-refractivity contribution is 8.13. The fraction of sp³-hybridized carbons (Fsp3) is 0.222. The SMILES string of the molecule is O=S(=O)(Cl)CCc1ccc2ocnc2c1O. The van der Waals surface area contributed by atoms with Crippen molar-refractivity contribution in [2.75, 3.05) is 5.75 Å². The molecule has 16 heavy (non-hydrogen) atoms. The van der Waals surface area contributed by atoms with Gasteiger partial charge in [-0.25, -0.2) is 13.4 Å². The third-order valence-corrected chi connectivity index (χ3v) is 3.33. The quantitative estimate of drug-likeness (QED) is 0.850. The van der Waals surface area contributed by atoms with Crippen molar-refractivity contribution in [2.24, 2.45) is 0 Å². The maximum atomic E-state index is 10.8. The number of aromatic hydroxyl groups is 1. The second-order valence-corrected chi connectivity index (χ2v) is 6.16. The number of benzene rings is 1. The van der Waals surface area contributed by atoms with Gasteiger partial charge in [-0.1, -0.05) is 6.07 Å². The molecule has 1 N–H and O–H groups in total. The summed E-state index contributed by atoms with van der Waals surface area (Å²) in [5.74, 6) is -0.294. The molecule has 0 aliphatic rings. The van der Waals surface area contributed by atoms with Gasteiger partial charge in [0.25, 0.3) is 0 Å². The fourth-order valence-corrected chi connectivity index (χ4v) is 2.09. The maximum absolute atomic E-state index is 10.8. The Bertz CT molecular complexity index is 619. The van der Waals surface area contributed by atoms with Crippen molar-refractivity contribution in [3.8, 4) is 5.75 Å². The maximum Gasteiger partial charge on any atom is 0.232 e. The zero-order chi connectivity index (χ0) is 11.8. The summed E-state index contributed by atoms with van der Waals surface area (Å²) in [4.78, 5) is 3.82. The number of aryl methyl sites for hydroxylation is 1. The van der Waals surface area contributed by atoms with Crippen molar-refractivity contribution in [3.05, 3.63) is 24.1 Å². The Balaban J connectivity index is 2.34. The zero-order valence-electron chi connectivity index (χ0n) is 8.05. The van der Waals surface area contributed by atoms with Crippen LogP contribution in [0, 0.1) is 0 Å². The molecule has 0 radical (unpaired) electrons. The van der Waals surface area contributed by atoms with Crippen molar-refractivity contribution in [3.63, 3.8) is 0 Å². The second kappa shape index (κ2) is 3.95. The second-order valence-electron chi connectivity index (χ2n) is 3.27. The van der Waals surface area contributed by atoms with Gasteiger partial charge in [0.1, 0.15) is 5.75 Å². The molecule has 0 saturated carbocycles. The van der Waals surface area contributed by atoms with Gasteiger partial charge in [0.15, 0.2) is 17.5 Å². The summed E-state index contributed by atoms with van der Waals surface area (Å²) in [6.45, 7) is 0. The van der Waals surface area contributed by atoms with E-state index in [1.54, 1.807) is 12.1 Å². The van der Waals surface area contributed by atoms with Crippen LogP contribution >= 0.6 is 10.7 Å². The minimum atomic E-state index is -3.56. The van der Waals surface area contributed by atoms with Gasteiger partial charge in [-0.2, -0.15) is 0 Å². The van der Waals surface area contributed by atoms with Crippen LogP contribution < -0.4 is 0 Å². The van der Waals surface area contributed by atoms with Crippen LogP contribution in [0.15, 0.2) is 22.9 Å². The van der Waals surface area contributed by atoms with Gasteiger partial charge in [0.2, 0.25) is 9.05 Å². The predicted molar refractivity (Wildman–Crippen MR) is 59.0 cm³/mol. The summed E-state index contributed by atoms with van der Waals surface area (Å²) >= 11 is 0. The lowest BCUT2D eigenvalue weighted by atomic mass is 10.1. The van der Waals surface area contributed by atoms with Gasteiger partial charge >= 0.3 is 0 Å². The molecule has 5 nitrogen and oxygen atoms in total. The molecule has 0 saturated heterocycles. The monoisotopic (exact) mass is 261 g/mol. The van der Waals surface area contributed by atoms with Crippen LogP contribution in [0.4, 0.5) is 0 Å². The van der Waals surface area contributed by atoms with E-state index in [1.807, 2.05) is 0 Å². The minimum Gasteiger partial charge on any atom is -0.505 e. The number of hydrogen-bond donors (Lipinski definition) is 1. The lowest BCUT2D eigenvalue weighted by Crippen LogP contribution is -2.01. The lowest BCUT2D eigenvalue weighted by Gasteiger charge is -2.02. The van der Waals surface area contributed by atoms with Crippen LogP contribution in [0.5, 0.6) is 5.75 Å². The number of nitrogens with zero attached hydrogens (tertiary/aromatic N) is 1. The summed E-state index contributed by atoms with van der Waals surface area (Å²) in [5, 5.41) is 9.77. The minimum absolute atomic E-state index is 0.0634. The molecule has 1 heterocycles. The molecule has 0 spiro atoms. The third kappa shape index (κ3) is 2.28. The molecule has 0 aliphatic heterocycles. The first-order valence-electron chi connectivity index (χ1n) is 4.44. The lowest BCUT2D eigenvalue weighted by molar-refractivity contribution is 0.474. The first kappa shape index (κ1) is 11.2. The molecule has 0 atom stereocenters. The fourth-order valence-electron chi connectivity index (χ4n) is 1.39. The number of halogens is 1. The highest BCUT2D eigenvalue weighted by atomic mass is 35.7. The highest BCUT2D eigenvalue weighted by Gasteiger charge is 2.12. The average Bonchev–Trinajstić information content (AvgIpc) is 2.64. The van der Waals surface area contributed by atoms with Crippen LogP contribution in [-0.4, -0.2) is 24.3 Å². The molecule has 0 fully saturated rings. The van der Waals surface area contributed by atoms with E-state index >= 15 is 0 Å². The Morgan fingerprint density at radius 3 is 2.88 bits per heavy atom. The van der Waals surface area contributed by atoms with Crippen LogP contribution in [-0.2, 0) is 15.5 Å². The number of rotatable bonds is 3. The number of phenols is 1. The smallest absolute Gasteiger partial charge is 0.232 e. The van der Waals surface area contributed by atoms with Crippen LogP contribution in [0.2, 0.25) is 0 Å². The summed E-state index contributed by atoms with van der Waals surface area (Å²) in [6, 6.07) is 3.21. The van der Waals surface area contributed by atoms with E-state index in [4.69, 9.17) is 15.1 Å². The van der Waals surface area contributed by atoms with Crippen molar-refractivity contribution >= 4 is 30.8 Å². The predicted octanol–water partition coefficient (Wildman–Crippen LogP) is 1.64. The summed E-state index contributed by atoms with van der Waals surface area (Å²) in [7, 11) is 1.53. The largest absolute Gasteiger partial charge is 0.505 e. The molecule has 1 aromatic heterocycles. The van der Waals surface area contributed by atoms with E-state index in [9.17, 15) is 13.5 Å². The Kier molecular flexibility index (Phi) is 2.77. The number of fused-ring (bicyclic) bond motifs is 1. The van der Waals surface area contributed by atoms with Gasteiger partial charge in [0, 0.05) is 10.7 Å². The molecule has 0 amide bonds. The van der Waals surface area contributed by atoms with Crippen molar-refractivity contribution < 1.29 is 17.9 Å². The topological polar surface area (TPSA) is 80.4 Å². The zero-order valence-corrected chi connectivity index (χ0v) is 9.62. The van der Waals surface area contributed by atoms with Gasteiger partial charge in [-0.05, 0) is 18.1 Å².